The van der Waals surface area contributed by atoms with E-state index in [1.807, 2.05) is 6.92 Å². The molecule has 172 valence electrons. The van der Waals surface area contributed by atoms with Gasteiger partial charge in [-0.25, -0.2) is 4.99 Å². The van der Waals surface area contributed by atoms with Crippen molar-refractivity contribution in [2.75, 3.05) is 39.8 Å². The molecule has 11 heteroatoms. The first-order chi connectivity index (χ1) is 14.0. The van der Waals surface area contributed by atoms with Crippen molar-refractivity contribution in [1.29, 1.82) is 0 Å². The number of hydrogen-bond donors (Lipinski definition) is 2. The van der Waals surface area contributed by atoms with Gasteiger partial charge in [-0.15, -0.1) is 0 Å². The average molecular weight is 442 g/mol. The fourth-order valence-corrected chi connectivity index (χ4v) is 2.48. The van der Waals surface area contributed by atoms with Gasteiger partial charge in [-0.05, 0) is 38.1 Å². The van der Waals surface area contributed by atoms with Crippen LogP contribution in [-0.2, 0) is 17.9 Å². The fraction of sp³-hybridized carbons (Fsp3) is 0.632. The van der Waals surface area contributed by atoms with Crippen LogP contribution < -0.4 is 10.6 Å². The van der Waals surface area contributed by atoms with Crippen LogP contribution in [0.15, 0.2) is 29.3 Å². The highest BCUT2D eigenvalue weighted by atomic mass is 19.4. The van der Waals surface area contributed by atoms with E-state index in [1.165, 1.54) is 11.9 Å². The van der Waals surface area contributed by atoms with Gasteiger partial charge in [0.25, 0.3) is 0 Å². The second kappa shape index (κ2) is 12.6. The molecule has 0 aliphatic rings. The Balaban J connectivity index is 2.42. The molecule has 0 aliphatic heterocycles. The van der Waals surface area contributed by atoms with Crippen molar-refractivity contribution in [3.05, 3.63) is 35.4 Å². The Morgan fingerprint density at radius 1 is 1.00 bits per heavy atom. The van der Waals surface area contributed by atoms with Crippen molar-refractivity contribution in [1.82, 2.24) is 15.5 Å². The zero-order valence-electron chi connectivity index (χ0n) is 17.0. The maximum Gasteiger partial charge on any atom is 0.411 e. The number of rotatable bonds is 11. The summed E-state index contributed by atoms with van der Waals surface area (Å²) in [4.78, 5) is 5.62. The number of ether oxygens (including phenoxy) is 1. The van der Waals surface area contributed by atoms with E-state index in [0.29, 0.717) is 44.1 Å². The number of aliphatic imine (C=N–C) groups is 1. The maximum atomic E-state index is 12.3. The second-order valence-corrected chi connectivity index (χ2v) is 6.75. The Hall–Kier alpha value is -2.01. The Morgan fingerprint density at radius 2 is 1.63 bits per heavy atom. The lowest BCUT2D eigenvalue weighted by Gasteiger charge is -2.19. The smallest absolute Gasteiger partial charge is 0.367 e. The third-order valence-corrected chi connectivity index (χ3v) is 3.78. The zero-order chi connectivity index (χ0) is 22.6. The summed E-state index contributed by atoms with van der Waals surface area (Å²) in [7, 11) is 1.42. The molecule has 0 bridgehead atoms. The molecule has 0 amide bonds. The quantitative estimate of drug-likeness (QED) is 0.238. The summed E-state index contributed by atoms with van der Waals surface area (Å²) in [6.07, 6.45) is -8.04. The molecule has 1 rings (SSSR count). The van der Waals surface area contributed by atoms with Gasteiger partial charge in [0.1, 0.15) is 6.61 Å². The van der Waals surface area contributed by atoms with Crippen molar-refractivity contribution in [2.24, 2.45) is 4.99 Å². The van der Waals surface area contributed by atoms with E-state index in [0.717, 1.165) is 5.56 Å². The molecule has 0 radical (unpaired) electrons. The van der Waals surface area contributed by atoms with E-state index in [2.05, 4.69) is 20.4 Å². The van der Waals surface area contributed by atoms with Gasteiger partial charge in [-0.1, -0.05) is 24.3 Å². The summed E-state index contributed by atoms with van der Waals surface area (Å²) >= 11 is 0. The molecule has 0 fully saturated rings. The third-order valence-electron chi connectivity index (χ3n) is 3.78. The minimum Gasteiger partial charge on any atom is -0.367 e. The minimum atomic E-state index is -4.35. The molecular weight excluding hydrogens is 414 g/mol. The SMILES string of the molecule is CCNC(=NCc1ccc(COCC(F)(F)F)cc1)NCCCN(C)CC(F)(F)F. The lowest BCUT2D eigenvalue weighted by Crippen LogP contribution is -2.39. The molecule has 0 heterocycles. The van der Waals surface area contributed by atoms with E-state index < -0.39 is 25.5 Å². The fourth-order valence-electron chi connectivity index (χ4n) is 2.48. The Bertz CT molecular complexity index is 631. The first-order valence-corrected chi connectivity index (χ1v) is 9.48. The summed E-state index contributed by atoms with van der Waals surface area (Å²) in [5, 5.41) is 6.12. The highest BCUT2D eigenvalue weighted by molar-refractivity contribution is 5.79. The lowest BCUT2D eigenvalue weighted by atomic mass is 10.1. The summed E-state index contributed by atoms with van der Waals surface area (Å²) in [5.74, 6) is 0.536. The monoisotopic (exact) mass is 442 g/mol. The third kappa shape index (κ3) is 13.3. The molecular formula is C19H28F6N4O. The number of hydrogen-bond acceptors (Lipinski definition) is 3. The van der Waals surface area contributed by atoms with Crippen LogP contribution in [0.4, 0.5) is 26.3 Å². The normalized spacial score (nSPS) is 13.0. The molecule has 2 N–H and O–H groups in total. The minimum absolute atomic E-state index is 0.129. The molecule has 0 spiro atoms. The van der Waals surface area contributed by atoms with Gasteiger partial charge in [0, 0.05) is 13.1 Å². The predicted molar refractivity (Wildman–Crippen MR) is 103 cm³/mol. The number of nitrogens with zero attached hydrogens (tertiary/aromatic N) is 2. The molecule has 1 aromatic rings. The van der Waals surface area contributed by atoms with Crippen LogP contribution >= 0.6 is 0 Å². The Labute approximate surface area is 172 Å². The van der Waals surface area contributed by atoms with Gasteiger partial charge in [0.05, 0.1) is 19.7 Å². The number of nitrogens with one attached hydrogen (secondary N) is 2. The molecule has 5 nitrogen and oxygen atoms in total. The van der Waals surface area contributed by atoms with Gasteiger partial charge in [0.2, 0.25) is 0 Å². The van der Waals surface area contributed by atoms with E-state index in [1.54, 1.807) is 24.3 Å². The van der Waals surface area contributed by atoms with Crippen molar-refractivity contribution in [3.63, 3.8) is 0 Å². The summed E-state index contributed by atoms with van der Waals surface area (Å²) in [6, 6.07) is 6.87. The molecule has 1 aromatic carbocycles. The first kappa shape index (κ1) is 26.0. The average Bonchev–Trinajstić information content (AvgIpc) is 2.61. The standard InChI is InChI=1S/C19H28F6N4O/c1-3-26-17(27-9-4-10-29(2)13-18(20,21)22)28-11-15-5-7-16(8-6-15)12-30-14-19(23,24)25/h5-8H,3-4,9-14H2,1-2H3,(H2,26,27,28). The topological polar surface area (TPSA) is 48.9 Å². The van der Waals surface area contributed by atoms with Gasteiger partial charge in [-0.3, -0.25) is 4.90 Å². The molecule has 0 atom stereocenters. The van der Waals surface area contributed by atoms with E-state index >= 15 is 0 Å². The number of halogens is 6. The van der Waals surface area contributed by atoms with Crippen LogP contribution in [-0.4, -0.2) is 63.0 Å². The number of benzene rings is 1. The molecule has 30 heavy (non-hydrogen) atoms. The van der Waals surface area contributed by atoms with Crippen LogP contribution in [0.1, 0.15) is 24.5 Å². The number of guanidine groups is 1. The van der Waals surface area contributed by atoms with Crippen LogP contribution in [0.3, 0.4) is 0 Å². The molecule has 0 aliphatic carbocycles. The number of alkyl halides is 6. The largest absolute Gasteiger partial charge is 0.411 e. The molecule has 0 unspecified atom stereocenters. The van der Waals surface area contributed by atoms with Gasteiger partial charge in [0.15, 0.2) is 5.96 Å². The van der Waals surface area contributed by atoms with Crippen LogP contribution in [0.2, 0.25) is 0 Å². The highest BCUT2D eigenvalue weighted by Crippen LogP contribution is 2.16. The Kier molecular flexibility index (Phi) is 11.0. The van der Waals surface area contributed by atoms with Gasteiger partial charge < -0.3 is 15.4 Å². The van der Waals surface area contributed by atoms with E-state index in [4.69, 9.17) is 0 Å². The van der Waals surface area contributed by atoms with Crippen molar-refractivity contribution >= 4 is 5.96 Å². The molecule has 0 saturated carbocycles. The van der Waals surface area contributed by atoms with Crippen molar-refractivity contribution < 1.29 is 31.1 Å². The lowest BCUT2D eigenvalue weighted by molar-refractivity contribution is -0.176. The van der Waals surface area contributed by atoms with Crippen LogP contribution in [0.5, 0.6) is 0 Å². The predicted octanol–water partition coefficient (Wildman–Crippen LogP) is 3.70. The van der Waals surface area contributed by atoms with Crippen LogP contribution in [0, 0.1) is 0 Å². The Morgan fingerprint density at radius 3 is 2.20 bits per heavy atom. The van der Waals surface area contributed by atoms with Crippen molar-refractivity contribution in [2.45, 2.75) is 38.8 Å². The first-order valence-electron chi connectivity index (χ1n) is 9.48. The van der Waals surface area contributed by atoms with Gasteiger partial charge in [-0.2, -0.15) is 26.3 Å². The van der Waals surface area contributed by atoms with E-state index in [9.17, 15) is 26.3 Å². The van der Waals surface area contributed by atoms with Crippen LogP contribution in [0.25, 0.3) is 0 Å². The summed E-state index contributed by atoms with van der Waals surface area (Å²) in [6.45, 7) is 1.25. The molecule has 0 saturated heterocycles. The zero-order valence-corrected chi connectivity index (χ0v) is 17.0. The second-order valence-electron chi connectivity index (χ2n) is 6.75. The summed E-state index contributed by atoms with van der Waals surface area (Å²) < 4.78 is 77.7. The maximum absolute atomic E-state index is 12.3. The highest BCUT2D eigenvalue weighted by Gasteiger charge is 2.29. The van der Waals surface area contributed by atoms with Crippen molar-refractivity contribution in [3.8, 4) is 0 Å². The van der Waals surface area contributed by atoms with Gasteiger partial charge >= 0.3 is 12.4 Å². The summed E-state index contributed by atoms with van der Waals surface area (Å²) in [5.41, 5.74) is 1.48. The molecule has 0 aromatic heterocycles. The van der Waals surface area contributed by atoms with E-state index in [-0.39, 0.29) is 6.61 Å².